The lowest BCUT2D eigenvalue weighted by atomic mass is 10.1. The third kappa shape index (κ3) is 2.15. The van der Waals surface area contributed by atoms with Crippen LogP contribution in [0.3, 0.4) is 0 Å². The molecule has 92 valence electrons. The van der Waals surface area contributed by atoms with Crippen molar-refractivity contribution in [3.63, 3.8) is 0 Å². The zero-order valence-electron chi connectivity index (χ0n) is 9.79. The van der Waals surface area contributed by atoms with Crippen molar-refractivity contribution in [3.8, 4) is 0 Å². The van der Waals surface area contributed by atoms with E-state index in [9.17, 15) is 4.39 Å². The van der Waals surface area contributed by atoms with Crippen LogP contribution in [-0.2, 0) is 6.42 Å². The minimum Gasteiger partial charge on any atom is -0.378 e. The van der Waals surface area contributed by atoms with Gasteiger partial charge >= 0.3 is 0 Å². The van der Waals surface area contributed by atoms with Crippen LogP contribution in [0.2, 0.25) is 0 Å². The lowest BCUT2D eigenvalue weighted by Gasteiger charge is -2.15. The minimum atomic E-state index is -0.201. The van der Waals surface area contributed by atoms with E-state index in [1.165, 1.54) is 27.7 Å². The Labute approximate surface area is 114 Å². The van der Waals surface area contributed by atoms with Crippen LogP contribution >= 0.6 is 15.9 Å². The number of nitrogens with one attached hydrogen (secondary N) is 1. The maximum atomic E-state index is 13.2. The van der Waals surface area contributed by atoms with E-state index in [2.05, 4.69) is 39.4 Å². The highest BCUT2D eigenvalue weighted by molar-refractivity contribution is 9.10. The molecule has 2 aromatic carbocycles. The second-order valence-corrected chi connectivity index (χ2v) is 5.41. The standard InChI is InChI=1S/C15H13BrFN/c16-14-6-2-5-13-12(14)7-8-15(13)18-11-4-1-3-10(17)9-11/h1-6,9,15,18H,7-8H2. The highest BCUT2D eigenvalue weighted by Crippen LogP contribution is 2.37. The van der Waals surface area contributed by atoms with Crippen molar-refractivity contribution in [2.24, 2.45) is 0 Å². The van der Waals surface area contributed by atoms with Crippen LogP contribution in [0, 0.1) is 5.82 Å². The van der Waals surface area contributed by atoms with E-state index in [0.29, 0.717) is 0 Å². The summed E-state index contributed by atoms with van der Waals surface area (Å²) in [6, 6.07) is 13.2. The molecule has 0 fully saturated rings. The first-order valence-corrected chi connectivity index (χ1v) is 6.83. The first-order chi connectivity index (χ1) is 8.74. The molecule has 1 N–H and O–H groups in total. The molecule has 1 nitrogen and oxygen atoms in total. The lowest BCUT2D eigenvalue weighted by molar-refractivity contribution is 0.627. The monoisotopic (exact) mass is 305 g/mol. The third-order valence-electron chi connectivity index (χ3n) is 3.38. The lowest BCUT2D eigenvalue weighted by Crippen LogP contribution is -2.07. The molecule has 0 saturated heterocycles. The Kier molecular flexibility index (Phi) is 3.08. The first kappa shape index (κ1) is 11.7. The van der Waals surface area contributed by atoms with Gasteiger partial charge in [0.1, 0.15) is 5.82 Å². The number of hydrogen-bond donors (Lipinski definition) is 1. The van der Waals surface area contributed by atoms with Gasteiger partial charge in [0.15, 0.2) is 0 Å². The zero-order valence-corrected chi connectivity index (χ0v) is 11.4. The van der Waals surface area contributed by atoms with E-state index >= 15 is 0 Å². The van der Waals surface area contributed by atoms with Crippen molar-refractivity contribution in [2.75, 3.05) is 5.32 Å². The van der Waals surface area contributed by atoms with Crippen molar-refractivity contribution in [3.05, 3.63) is 63.9 Å². The maximum absolute atomic E-state index is 13.2. The summed E-state index contributed by atoms with van der Waals surface area (Å²) < 4.78 is 14.3. The molecule has 1 aliphatic rings. The van der Waals surface area contributed by atoms with Gasteiger partial charge in [0.05, 0.1) is 6.04 Å². The molecule has 0 spiro atoms. The molecule has 1 aliphatic carbocycles. The number of fused-ring (bicyclic) bond motifs is 1. The van der Waals surface area contributed by atoms with Gasteiger partial charge in [-0.15, -0.1) is 0 Å². The van der Waals surface area contributed by atoms with Gasteiger partial charge < -0.3 is 5.32 Å². The molecule has 0 aliphatic heterocycles. The van der Waals surface area contributed by atoms with Crippen LogP contribution in [-0.4, -0.2) is 0 Å². The van der Waals surface area contributed by atoms with Gasteiger partial charge in [-0.25, -0.2) is 4.39 Å². The fourth-order valence-electron chi connectivity index (χ4n) is 2.54. The van der Waals surface area contributed by atoms with E-state index in [1.807, 2.05) is 6.07 Å². The van der Waals surface area contributed by atoms with Gasteiger partial charge in [0, 0.05) is 10.2 Å². The average Bonchev–Trinajstić information content (AvgIpc) is 2.74. The summed E-state index contributed by atoms with van der Waals surface area (Å²) in [5, 5.41) is 3.40. The molecule has 0 saturated carbocycles. The molecule has 0 bridgehead atoms. The van der Waals surface area contributed by atoms with Gasteiger partial charge in [-0.1, -0.05) is 34.1 Å². The Morgan fingerprint density at radius 3 is 2.83 bits per heavy atom. The van der Waals surface area contributed by atoms with Crippen molar-refractivity contribution in [1.82, 2.24) is 0 Å². The van der Waals surface area contributed by atoms with Crippen molar-refractivity contribution in [2.45, 2.75) is 18.9 Å². The fourth-order valence-corrected chi connectivity index (χ4v) is 3.12. The quantitative estimate of drug-likeness (QED) is 0.849. The number of hydrogen-bond acceptors (Lipinski definition) is 1. The summed E-state index contributed by atoms with van der Waals surface area (Å²) in [5.74, 6) is -0.201. The third-order valence-corrected chi connectivity index (χ3v) is 4.12. The first-order valence-electron chi connectivity index (χ1n) is 6.03. The highest BCUT2D eigenvalue weighted by atomic mass is 79.9. The van der Waals surface area contributed by atoms with Gasteiger partial charge in [0.25, 0.3) is 0 Å². The maximum Gasteiger partial charge on any atom is 0.125 e. The molecule has 2 aromatic rings. The molecular formula is C15H13BrFN. The summed E-state index contributed by atoms with van der Waals surface area (Å²) >= 11 is 3.58. The molecule has 0 heterocycles. The average molecular weight is 306 g/mol. The molecule has 0 radical (unpaired) electrons. The molecule has 3 heteroatoms. The largest absolute Gasteiger partial charge is 0.378 e. The predicted octanol–water partition coefficient (Wildman–Crippen LogP) is 4.69. The second-order valence-electron chi connectivity index (χ2n) is 4.55. The number of rotatable bonds is 2. The molecular weight excluding hydrogens is 293 g/mol. The normalized spacial score (nSPS) is 17.6. The van der Waals surface area contributed by atoms with Crippen molar-refractivity contribution < 1.29 is 4.39 Å². The Morgan fingerprint density at radius 1 is 1.17 bits per heavy atom. The minimum absolute atomic E-state index is 0.201. The van der Waals surface area contributed by atoms with Crippen LogP contribution in [0.15, 0.2) is 46.9 Å². The summed E-state index contributed by atoms with van der Waals surface area (Å²) in [5.41, 5.74) is 3.52. The number of halogens is 2. The summed E-state index contributed by atoms with van der Waals surface area (Å²) in [7, 11) is 0. The van der Waals surface area contributed by atoms with Crippen LogP contribution in [0.1, 0.15) is 23.6 Å². The molecule has 1 unspecified atom stereocenters. The fraction of sp³-hybridized carbons (Fsp3) is 0.200. The molecule has 0 aromatic heterocycles. The highest BCUT2D eigenvalue weighted by Gasteiger charge is 2.23. The Balaban J connectivity index is 1.87. The topological polar surface area (TPSA) is 12.0 Å². The van der Waals surface area contributed by atoms with Crippen molar-refractivity contribution >= 4 is 21.6 Å². The van der Waals surface area contributed by atoms with Crippen LogP contribution in [0.5, 0.6) is 0 Å². The SMILES string of the molecule is Fc1cccc(NC2CCc3c(Br)cccc32)c1. The Morgan fingerprint density at radius 2 is 2.00 bits per heavy atom. The van der Waals surface area contributed by atoms with Gasteiger partial charge in [-0.05, 0) is 48.2 Å². The number of benzene rings is 2. The summed E-state index contributed by atoms with van der Waals surface area (Å²) in [6.07, 6.45) is 2.11. The summed E-state index contributed by atoms with van der Waals surface area (Å²) in [6.45, 7) is 0. The van der Waals surface area contributed by atoms with E-state index in [-0.39, 0.29) is 11.9 Å². The molecule has 0 amide bonds. The summed E-state index contributed by atoms with van der Waals surface area (Å²) in [4.78, 5) is 0. The Bertz CT molecular complexity index is 582. The van der Waals surface area contributed by atoms with E-state index < -0.39 is 0 Å². The van der Waals surface area contributed by atoms with Crippen LogP contribution < -0.4 is 5.32 Å². The number of anilines is 1. The van der Waals surface area contributed by atoms with Crippen LogP contribution in [0.4, 0.5) is 10.1 Å². The van der Waals surface area contributed by atoms with Crippen LogP contribution in [0.25, 0.3) is 0 Å². The van der Waals surface area contributed by atoms with E-state index in [1.54, 1.807) is 6.07 Å². The van der Waals surface area contributed by atoms with E-state index in [4.69, 9.17) is 0 Å². The molecule has 1 atom stereocenters. The van der Waals surface area contributed by atoms with E-state index in [0.717, 1.165) is 18.5 Å². The Hall–Kier alpha value is -1.35. The smallest absolute Gasteiger partial charge is 0.125 e. The van der Waals surface area contributed by atoms with Crippen molar-refractivity contribution in [1.29, 1.82) is 0 Å². The zero-order chi connectivity index (χ0) is 12.5. The predicted molar refractivity (Wildman–Crippen MR) is 75.2 cm³/mol. The molecule has 18 heavy (non-hydrogen) atoms. The second kappa shape index (κ2) is 4.73. The van der Waals surface area contributed by atoms with Gasteiger partial charge in [0.2, 0.25) is 0 Å². The van der Waals surface area contributed by atoms with Gasteiger partial charge in [-0.2, -0.15) is 0 Å². The molecule has 3 rings (SSSR count). The van der Waals surface area contributed by atoms with Gasteiger partial charge in [-0.3, -0.25) is 0 Å².